The van der Waals surface area contributed by atoms with Crippen LogP contribution in [0.15, 0.2) is 0 Å². The highest BCUT2D eigenvalue weighted by Crippen LogP contribution is 2.15. The van der Waals surface area contributed by atoms with Crippen LogP contribution in [-0.4, -0.2) is 50.3 Å². The van der Waals surface area contributed by atoms with Crippen LogP contribution in [0.2, 0.25) is 0 Å². The minimum absolute atomic E-state index is 0.486. The van der Waals surface area contributed by atoms with E-state index in [-0.39, 0.29) is 0 Å². The number of hydrogen-bond acceptors (Lipinski definition) is 3. The van der Waals surface area contributed by atoms with Crippen LogP contribution in [0.1, 0.15) is 33.6 Å². The van der Waals surface area contributed by atoms with Gasteiger partial charge in [0.25, 0.3) is 0 Å². The maximum absolute atomic E-state index is 5.40. The predicted molar refractivity (Wildman–Crippen MR) is 68.8 cm³/mol. The lowest BCUT2D eigenvalue weighted by Crippen LogP contribution is -2.35. The summed E-state index contributed by atoms with van der Waals surface area (Å²) in [4.78, 5) is 2.58. The van der Waals surface area contributed by atoms with Crippen LogP contribution in [0, 0.1) is 5.92 Å². The minimum Gasteiger partial charge on any atom is -0.380 e. The lowest BCUT2D eigenvalue weighted by atomic mass is 10.1. The van der Waals surface area contributed by atoms with Gasteiger partial charge in [-0.2, -0.15) is 0 Å². The van der Waals surface area contributed by atoms with Crippen molar-refractivity contribution in [3.8, 4) is 0 Å². The van der Waals surface area contributed by atoms with Crippen LogP contribution >= 0.6 is 0 Å². The summed E-state index contributed by atoms with van der Waals surface area (Å²) in [7, 11) is 0. The molecule has 1 saturated heterocycles. The molecule has 3 nitrogen and oxygen atoms in total. The van der Waals surface area contributed by atoms with E-state index in [2.05, 4.69) is 24.1 Å². The summed E-state index contributed by atoms with van der Waals surface area (Å²) in [5.41, 5.74) is 0. The van der Waals surface area contributed by atoms with Crippen molar-refractivity contribution in [3.63, 3.8) is 0 Å². The Hall–Kier alpha value is -0.120. The third-order valence-electron chi connectivity index (χ3n) is 3.24. The molecule has 96 valence electrons. The van der Waals surface area contributed by atoms with Crippen LogP contribution < -0.4 is 5.32 Å². The molecule has 0 aliphatic carbocycles. The zero-order chi connectivity index (χ0) is 11.8. The van der Waals surface area contributed by atoms with Gasteiger partial charge < -0.3 is 15.0 Å². The van der Waals surface area contributed by atoms with Gasteiger partial charge in [-0.15, -0.1) is 0 Å². The van der Waals surface area contributed by atoms with Crippen molar-refractivity contribution in [1.29, 1.82) is 0 Å². The molecule has 2 atom stereocenters. The first-order chi connectivity index (χ1) is 7.76. The fraction of sp³-hybridized carbons (Fsp3) is 1.00. The highest BCUT2D eigenvalue weighted by atomic mass is 16.5. The fourth-order valence-corrected chi connectivity index (χ4v) is 2.32. The van der Waals surface area contributed by atoms with Gasteiger partial charge in [-0.1, -0.05) is 6.92 Å². The molecule has 0 aromatic heterocycles. The molecule has 0 saturated carbocycles. The van der Waals surface area contributed by atoms with Crippen molar-refractivity contribution in [1.82, 2.24) is 10.2 Å². The van der Waals surface area contributed by atoms with E-state index >= 15 is 0 Å². The molecular weight excluding hydrogens is 200 g/mol. The average Bonchev–Trinajstić information content (AvgIpc) is 2.72. The number of likely N-dealkylation sites (tertiary alicyclic amines) is 1. The van der Waals surface area contributed by atoms with E-state index in [4.69, 9.17) is 4.74 Å². The summed E-state index contributed by atoms with van der Waals surface area (Å²) in [5.74, 6) is 0.843. The Bertz CT molecular complexity index is 175. The molecular formula is C13H28N2O. The van der Waals surface area contributed by atoms with Gasteiger partial charge in [0.15, 0.2) is 0 Å². The van der Waals surface area contributed by atoms with Crippen molar-refractivity contribution < 1.29 is 4.74 Å². The van der Waals surface area contributed by atoms with Crippen molar-refractivity contribution in [2.45, 2.75) is 39.7 Å². The van der Waals surface area contributed by atoms with E-state index in [0.29, 0.717) is 6.04 Å². The van der Waals surface area contributed by atoms with Crippen LogP contribution in [0.25, 0.3) is 0 Å². The van der Waals surface area contributed by atoms with Crippen LogP contribution in [-0.2, 0) is 4.74 Å². The van der Waals surface area contributed by atoms with Gasteiger partial charge in [-0.3, -0.25) is 0 Å². The van der Waals surface area contributed by atoms with Gasteiger partial charge in [0, 0.05) is 19.2 Å². The number of nitrogens with zero attached hydrogens (tertiary/aromatic N) is 1. The highest BCUT2D eigenvalue weighted by Gasteiger charge is 2.21. The standard InChI is InChI=1S/C13H28N2O/c1-4-7-15-8-6-13(10-15)9-14-12(3)11-16-5-2/h12-14H,4-11H2,1-3H3. The maximum atomic E-state index is 5.40. The molecule has 1 N–H and O–H groups in total. The molecule has 0 amide bonds. The van der Waals surface area contributed by atoms with Crippen LogP contribution in [0.5, 0.6) is 0 Å². The van der Waals surface area contributed by atoms with E-state index in [1.165, 1.54) is 32.5 Å². The lowest BCUT2D eigenvalue weighted by molar-refractivity contribution is 0.126. The Morgan fingerprint density at radius 3 is 2.94 bits per heavy atom. The highest BCUT2D eigenvalue weighted by molar-refractivity contribution is 4.77. The predicted octanol–water partition coefficient (Wildman–Crippen LogP) is 1.73. The Balaban J connectivity index is 2.05. The second-order valence-electron chi connectivity index (χ2n) is 4.92. The SMILES string of the molecule is CCCN1CCC(CNC(C)COCC)C1. The first-order valence-corrected chi connectivity index (χ1v) is 6.79. The normalized spacial score (nSPS) is 23.8. The van der Waals surface area contributed by atoms with Gasteiger partial charge in [0.2, 0.25) is 0 Å². The topological polar surface area (TPSA) is 24.5 Å². The van der Waals surface area contributed by atoms with Crippen LogP contribution in [0.3, 0.4) is 0 Å². The van der Waals surface area contributed by atoms with E-state index in [0.717, 1.165) is 25.7 Å². The van der Waals surface area contributed by atoms with Crippen molar-refractivity contribution in [3.05, 3.63) is 0 Å². The van der Waals surface area contributed by atoms with E-state index < -0.39 is 0 Å². The van der Waals surface area contributed by atoms with Gasteiger partial charge in [0.1, 0.15) is 0 Å². The molecule has 0 bridgehead atoms. The minimum atomic E-state index is 0.486. The molecule has 0 aromatic rings. The van der Waals surface area contributed by atoms with Gasteiger partial charge >= 0.3 is 0 Å². The molecule has 1 fully saturated rings. The molecule has 16 heavy (non-hydrogen) atoms. The number of rotatable bonds is 8. The van der Waals surface area contributed by atoms with Gasteiger partial charge in [0.05, 0.1) is 6.61 Å². The summed E-state index contributed by atoms with van der Waals surface area (Å²) >= 11 is 0. The second kappa shape index (κ2) is 8.04. The smallest absolute Gasteiger partial charge is 0.0616 e. The molecule has 2 unspecified atom stereocenters. The van der Waals surface area contributed by atoms with E-state index in [1.54, 1.807) is 0 Å². The molecule has 1 heterocycles. The number of ether oxygens (including phenoxy) is 1. The van der Waals surface area contributed by atoms with E-state index in [1.807, 2.05) is 6.92 Å². The molecule has 1 aliphatic rings. The van der Waals surface area contributed by atoms with Crippen LogP contribution in [0.4, 0.5) is 0 Å². The molecule has 3 heteroatoms. The van der Waals surface area contributed by atoms with Gasteiger partial charge in [-0.25, -0.2) is 0 Å². The zero-order valence-corrected chi connectivity index (χ0v) is 11.2. The lowest BCUT2D eigenvalue weighted by Gasteiger charge is -2.18. The first-order valence-electron chi connectivity index (χ1n) is 6.79. The summed E-state index contributed by atoms with van der Waals surface area (Å²) < 4.78 is 5.40. The number of hydrogen-bond donors (Lipinski definition) is 1. The monoisotopic (exact) mass is 228 g/mol. The Morgan fingerprint density at radius 2 is 2.25 bits per heavy atom. The van der Waals surface area contributed by atoms with Gasteiger partial charge in [-0.05, 0) is 52.2 Å². The number of nitrogens with one attached hydrogen (secondary N) is 1. The summed E-state index contributed by atoms with van der Waals surface area (Å²) in [6, 6.07) is 0.486. The Morgan fingerprint density at radius 1 is 1.44 bits per heavy atom. The summed E-state index contributed by atoms with van der Waals surface area (Å²) in [6.07, 6.45) is 2.63. The molecule has 1 rings (SSSR count). The Labute approximate surface area is 101 Å². The Kier molecular flexibility index (Phi) is 7.01. The largest absolute Gasteiger partial charge is 0.380 e. The second-order valence-corrected chi connectivity index (χ2v) is 4.92. The van der Waals surface area contributed by atoms with E-state index in [9.17, 15) is 0 Å². The molecule has 0 radical (unpaired) electrons. The molecule has 0 spiro atoms. The quantitative estimate of drug-likeness (QED) is 0.685. The maximum Gasteiger partial charge on any atom is 0.0616 e. The van der Waals surface area contributed by atoms with Crippen molar-refractivity contribution >= 4 is 0 Å². The molecule has 1 aliphatic heterocycles. The first kappa shape index (κ1) is 13.9. The summed E-state index contributed by atoms with van der Waals surface area (Å²) in [5, 5.41) is 3.57. The summed E-state index contributed by atoms with van der Waals surface area (Å²) in [6.45, 7) is 13.2. The van der Waals surface area contributed by atoms with Crippen molar-refractivity contribution in [2.75, 3.05) is 39.4 Å². The third kappa shape index (κ3) is 5.28. The molecule has 0 aromatic carbocycles. The van der Waals surface area contributed by atoms with Crippen molar-refractivity contribution in [2.24, 2.45) is 5.92 Å². The fourth-order valence-electron chi connectivity index (χ4n) is 2.32. The zero-order valence-electron chi connectivity index (χ0n) is 11.2. The average molecular weight is 228 g/mol. The third-order valence-corrected chi connectivity index (χ3v) is 3.24.